The fourth-order valence-corrected chi connectivity index (χ4v) is 5.42. The second kappa shape index (κ2) is 15.1. The van der Waals surface area contributed by atoms with Crippen molar-refractivity contribution >= 4 is 39.2 Å². The van der Waals surface area contributed by atoms with Gasteiger partial charge >= 0.3 is 11.9 Å². The van der Waals surface area contributed by atoms with Crippen molar-refractivity contribution in [2.75, 3.05) is 19.6 Å². The molecule has 2 heterocycles. The molecule has 45 heavy (non-hydrogen) atoms. The number of thiazole rings is 1. The topological polar surface area (TPSA) is 167 Å². The van der Waals surface area contributed by atoms with Gasteiger partial charge in [-0.15, -0.1) is 11.3 Å². The Morgan fingerprint density at radius 2 is 1.51 bits per heavy atom. The van der Waals surface area contributed by atoms with E-state index in [1.54, 1.807) is 76.8 Å². The predicted octanol–water partition coefficient (Wildman–Crippen LogP) is 2.74. The maximum atomic E-state index is 13.5. The quantitative estimate of drug-likeness (QED) is 0.254. The SMILES string of the molecule is CC(C)(C)OC(=O)CN(CC(=O)OC(C)(C)C)C(=O)Cn1ccnc1CN(CCc1ccc(S(N)(=O)=O)cc1)Cc1nccs1. The first-order valence-electron chi connectivity index (χ1n) is 14.3. The molecule has 0 unspecified atom stereocenters. The van der Waals surface area contributed by atoms with Gasteiger partial charge in [-0.2, -0.15) is 0 Å². The molecule has 0 spiro atoms. The van der Waals surface area contributed by atoms with Crippen LogP contribution in [0.25, 0.3) is 0 Å². The number of imidazole rings is 1. The van der Waals surface area contributed by atoms with Crippen molar-refractivity contribution in [1.82, 2.24) is 24.3 Å². The van der Waals surface area contributed by atoms with Crippen LogP contribution in [0, 0.1) is 0 Å². The fraction of sp³-hybridized carbons (Fsp3) is 0.500. The van der Waals surface area contributed by atoms with Crippen LogP contribution in [0.5, 0.6) is 0 Å². The van der Waals surface area contributed by atoms with Gasteiger partial charge in [0.25, 0.3) is 0 Å². The lowest BCUT2D eigenvalue weighted by molar-refractivity contribution is -0.164. The van der Waals surface area contributed by atoms with E-state index in [0.717, 1.165) is 15.5 Å². The van der Waals surface area contributed by atoms with Gasteiger partial charge in [0.1, 0.15) is 41.7 Å². The van der Waals surface area contributed by atoms with E-state index in [1.807, 2.05) is 5.38 Å². The largest absolute Gasteiger partial charge is 0.459 e. The minimum atomic E-state index is -3.78. The summed E-state index contributed by atoms with van der Waals surface area (Å²) in [7, 11) is -3.78. The highest BCUT2D eigenvalue weighted by Crippen LogP contribution is 2.16. The van der Waals surface area contributed by atoms with Gasteiger partial charge in [0.05, 0.1) is 18.0 Å². The summed E-state index contributed by atoms with van der Waals surface area (Å²) in [5, 5.41) is 8.01. The average Bonchev–Trinajstić information content (AvgIpc) is 3.56. The molecule has 0 aliphatic rings. The Morgan fingerprint density at radius 3 is 2.02 bits per heavy atom. The number of benzene rings is 1. The molecule has 0 radical (unpaired) electrons. The zero-order valence-corrected chi connectivity index (χ0v) is 28.2. The van der Waals surface area contributed by atoms with Crippen molar-refractivity contribution < 1.29 is 32.3 Å². The van der Waals surface area contributed by atoms with E-state index in [0.29, 0.717) is 31.9 Å². The van der Waals surface area contributed by atoms with E-state index in [4.69, 9.17) is 14.6 Å². The van der Waals surface area contributed by atoms with Gasteiger partial charge in [-0.3, -0.25) is 19.3 Å². The molecule has 3 aromatic rings. The number of sulfonamides is 1. The van der Waals surface area contributed by atoms with Gasteiger partial charge in [0, 0.05) is 30.5 Å². The highest BCUT2D eigenvalue weighted by Gasteiger charge is 2.27. The third kappa shape index (κ3) is 12.7. The van der Waals surface area contributed by atoms with Crippen LogP contribution in [-0.2, 0) is 59.9 Å². The van der Waals surface area contributed by atoms with E-state index < -0.39 is 52.2 Å². The van der Waals surface area contributed by atoms with Crippen LogP contribution in [0.4, 0.5) is 0 Å². The number of hydrogen-bond donors (Lipinski definition) is 1. The smallest absolute Gasteiger partial charge is 0.326 e. The summed E-state index contributed by atoms with van der Waals surface area (Å²) in [5.41, 5.74) is -0.606. The van der Waals surface area contributed by atoms with Gasteiger partial charge < -0.3 is 18.9 Å². The summed E-state index contributed by atoms with van der Waals surface area (Å²) >= 11 is 1.52. The minimum absolute atomic E-state index is 0.0463. The van der Waals surface area contributed by atoms with Crippen molar-refractivity contribution in [1.29, 1.82) is 0 Å². The lowest BCUT2D eigenvalue weighted by atomic mass is 10.1. The number of nitrogens with two attached hydrogens (primary N) is 1. The van der Waals surface area contributed by atoms with Crippen LogP contribution in [0.1, 0.15) is 57.9 Å². The van der Waals surface area contributed by atoms with Crippen molar-refractivity contribution in [3.63, 3.8) is 0 Å². The van der Waals surface area contributed by atoms with Crippen molar-refractivity contribution in [3.05, 3.63) is 64.6 Å². The molecule has 0 saturated carbocycles. The molecule has 0 atom stereocenters. The van der Waals surface area contributed by atoms with E-state index >= 15 is 0 Å². The minimum Gasteiger partial charge on any atom is -0.459 e. The van der Waals surface area contributed by atoms with Gasteiger partial charge in [-0.1, -0.05) is 12.1 Å². The molecular formula is C30H42N6O7S2. The van der Waals surface area contributed by atoms with E-state index in [2.05, 4.69) is 14.9 Å². The number of esters is 2. The molecule has 13 nitrogen and oxygen atoms in total. The molecule has 2 N–H and O–H groups in total. The zero-order valence-electron chi connectivity index (χ0n) is 26.6. The number of amides is 1. The second-order valence-corrected chi connectivity index (χ2v) is 15.0. The molecule has 15 heteroatoms. The molecule has 0 aliphatic carbocycles. The molecule has 2 aromatic heterocycles. The van der Waals surface area contributed by atoms with E-state index in [9.17, 15) is 22.8 Å². The molecule has 1 amide bonds. The molecule has 3 rings (SSSR count). The number of aromatic nitrogens is 3. The maximum absolute atomic E-state index is 13.5. The molecule has 0 bridgehead atoms. The van der Waals surface area contributed by atoms with Gasteiger partial charge in [-0.25, -0.2) is 23.5 Å². The monoisotopic (exact) mass is 662 g/mol. The fourth-order valence-electron chi connectivity index (χ4n) is 4.24. The number of carbonyl (C=O) groups is 3. The van der Waals surface area contributed by atoms with Crippen LogP contribution < -0.4 is 5.14 Å². The average molecular weight is 663 g/mol. The van der Waals surface area contributed by atoms with Crippen LogP contribution in [0.2, 0.25) is 0 Å². The normalized spacial score (nSPS) is 12.3. The molecular weight excluding hydrogens is 620 g/mol. The lowest BCUT2D eigenvalue weighted by Crippen LogP contribution is -2.44. The molecule has 1 aromatic carbocycles. The Balaban J connectivity index is 1.75. The number of hydrogen-bond acceptors (Lipinski definition) is 11. The van der Waals surface area contributed by atoms with Crippen LogP contribution in [0.3, 0.4) is 0 Å². The predicted molar refractivity (Wildman–Crippen MR) is 168 cm³/mol. The first kappa shape index (κ1) is 35.8. The highest BCUT2D eigenvalue weighted by atomic mass is 32.2. The van der Waals surface area contributed by atoms with Gasteiger partial charge in [0.2, 0.25) is 15.9 Å². The van der Waals surface area contributed by atoms with Crippen molar-refractivity contribution in [3.8, 4) is 0 Å². The number of rotatable bonds is 14. The number of primary sulfonamides is 1. The van der Waals surface area contributed by atoms with Crippen molar-refractivity contribution in [2.45, 2.75) is 83.7 Å². The van der Waals surface area contributed by atoms with E-state index in [-0.39, 0.29) is 11.4 Å². The summed E-state index contributed by atoms with van der Waals surface area (Å²) in [6.07, 6.45) is 5.59. The Labute approximate surface area is 268 Å². The Bertz CT molecular complexity index is 1510. The Morgan fingerprint density at radius 1 is 0.911 bits per heavy atom. The summed E-state index contributed by atoms with van der Waals surface area (Å²) in [6, 6.07) is 6.42. The summed E-state index contributed by atoms with van der Waals surface area (Å²) in [4.78, 5) is 50.9. The van der Waals surface area contributed by atoms with Crippen LogP contribution in [0.15, 0.2) is 53.1 Å². The highest BCUT2D eigenvalue weighted by molar-refractivity contribution is 7.89. The summed E-state index contributed by atoms with van der Waals surface area (Å²) in [5.74, 6) is -1.17. The third-order valence-corrected chi connectivity index (χ3v) is 7.81. The number of carbonyl (C=O) groups excluding carboxylic acids is 3. The molecule has 246 valence electrons. The Hall–Kier alpha value is -3.66. The number of nitrogens with zero attached hydrogens (tertiary/aromatic N) is 5. The maximum Gasteiger partial charge on any atom is 0.326 e. The molecule has 0 fully saturated rings. The summed E-state index contributed by atoms with van der Waals surface area (Å²) in [6.45, 7) is 10.8. The zero-order chi connectivity index (χ0) is 33.4. The first-order chi connectivity index (χ1) is 20.9. The van der Waals surface area contributed by atoms with Gasteiger partial charge in [0.15, 0.2) is 0 Å². The number of ether oxygens (including phenoxy) is 2. The van der Waals surface area contributed by atoms with Crippen molar-refractivity contribution in [2.24, 2.45) is 5.14 Å². The Kier molecular flexibility index (Phi) is 12.0. The summed E-state index contributed by atoms with van der Waals surface area (Å²) < 4.78 is 35.7. The standard InChI is InChI=1S/C30H42N6O7S2/c1-29(2,3)42-27(38)20-36(21-28(39)43-30(4,5)6)26(37)19-35-15-12-32-24(35)17-34(18-25-33-13-16-44-25)14-11-22-7-9-23(10-8-22)45(31,40)41/h7-10,12-13,15-16H,11,14,17-21H2,1-6H3,(H2,31,40,41). The molecule has 0 saturated heterocycles. The second-order valence-electron chi connectivity index (χ2n) is 12.5. The lowest BCUT2D eigenvalue weighted by Gasteiger charge is -2.27. The third-order valence-electron chi connectivity index (χ3n) is 6.12. The molecule has 0 aliphatic heterocycles. The van der Waals surface area contributed by atoms with Crippen LogP contribution >= 0.6 is 11.3 Å². The van der Waals surface area contributed by atoms with Crippen LogP contribution in [-0.4, -0.2) is 81.4 Å². The van der Waals surface area contributed by atoms with Gasteiger partial charge in [-0.05, 0) is 65.7 Å². The first-order valence-corrected chi connectivity index (χ1v) is 16.7. The van der Waals surface area contributed by atoms with E-state index in [1.165, 1.54) is 23.5 Å².